The lowest BCUT2D eigenvalue weighted by Crippen LogP contribution is -2.38. The average Bonchev–Trinajstić information content (AvgIpc) is 3.12. The van der Waals surface area contributed by atoms with Gasteiger partial charge in [-0.3, -0.25) is 4.79 Å². The predicted octanol–water partition coefficient (Wildman–Crippen LogP) is 3.63. The van der Waals surface area contributed by atoms with Gasteiger partial charge in [0.25, 0.3) is 5.91 Å². The van der Waals surface area contributed by atoms with Crippen LogP contribution < -0.4 is 5.32 Å². The molecule has 0 aromatic heterocycles. The Labute approximate surface area is 150 Å². The van der Waals surface area contributed by atoms with Crippen molar-refractivity contribution >= 4 is 18.3 Å². The molecule has 1 saturated heterocycles. The number of benzene rings is 2. The minimum absolute atomic E-state index is 0. The van der Waals surface area contributed by atoms with Gasteiger partial charge < -0.3 is 10.2 Å². The van der Waals surface area contributed by atoms with Gasteiger partial charge in [-0.1, -0.05) is 12.1 Å². The van der Waals surface area contributed by atoms with Crippen molar-refractivity contribution < 1.29 is 18.0 Å². The Balaban J connectivity index is 0.00000225. The summed E-state index contributed by atoms with van der Waals surface area (Å²) in [5.74, 6) is -4.07. The van der Waals surface area contributed by atoms with Gasteiger partial charge >= 0.3 is 0 Å². The van der Waals surface area contributed by atoms with Crippen molar-refractivity contribution in [2.24, 2.45) is 0 Å². The molecular weight excluding hydrogens is 353 g/mol. The van der Waals surface area contributed by atoms with E-state index in [0.717, 1.165) is 31.6 Å². The maximum Gasteiger partial charge on any atom is 0.253 e. The molecule has 0 bridgehead atoms. The molecule has 7 heteroatoms. The molecule has 1 amide bonds. The summed E-state index contributed by atoms with van der Waals surface area (Å²) < 4.78 is 39.7. The molecule has 1 fully saturated rings. The number of nitrogens with zero attached hydrogens (tertiary/aromatic N) is 1. The Bertz CT molecular complexity index is 738. The van der Waals surface area contributed by atoms with E-state index in [9.17, 15) is 18.0 Å². The topological polar surface area (TPSA) is 32.3 Å². The summed E-state index contributed by atoms with van der Waals surface area (Å²) in [6.45, 7) is 1.66. The van der Waals surface area contributed by atoms with Crippen molar-refractivity contribution in [3.8, 4) is 11.1 Å². The van der Waals surface area contributed by atoms with Gasteiger partial charge in [0, 0.05) is 25.2 Å². The first-order chi connectivity index (χ1) is 11.5. The SMILES string of the molecule is CN(C(=O)c1ccc(-c2cc(F)c(F)c(F)c2)cc1)C1CCNC1.Cl. The fourth-order valence-electron chi connectivity index (χ4n) is 2.87. The molecule has 0 radical (unpaired) electrons. The van der Waals surface area contributed by atoms with Crippen LogP contribution in [0.25, 0.3) is 11.1 Å². The molecule has 3 nitrogen and oxygen atoms in total. The zero-order chi connectivity index (χ0) is 17.3. The highest BCUT2D eigenvalue weighted by Gasteiger charge is 2.24. The van der Waals surface area contributed by atoms with Gasteiger partial charge in [-0.2, -0.15) is 0 Å². The van der Waals surface area contributed by atoms with Crippen LogP contribution in [0.15, 0.2) is 36.4 Å². The van der Waals surface area contributed by atoms with Crippen LogP contribution in [0.5, 0.6) is 0 Å². The minimum atomic E-state index is -1.49. The Morgan fingerprint density at radius 1 is 1.08 bits per heavy atom. The molecule has 0 saturated carbocycles. The number of carbonyl (C=O) groups is 1. The Morgan fingerprint density at radius 2 is 1.68 bits per heavy atom. The summed E-state index contributed by atoms with van der Waals surface area (Å²) in [4.78, 5) is 14.2. The quantitative estimate of drug-likeness (QED) is 0.837. The summed E-state index contributed by atoms with van der Waals surface area (Å²) >= 11 is 0. The number of nitrogens with one attached hydrogen (secondary N) is 1. The van der Waals surface area contributed by atoms with Crippen molar-refractivity contribution in [3.05, 3.63) is 59.4 Å². The van der Waals surface area contributed by atoms with Crippen LogP contribution in [0.1, 0.15) is 16.8 Å². The van der Waals surface area contributed by atoms with Gasteiger partial charge in [-0.05, 0) is 48.4 Å². The third-order valence-corrected chi connectivity index (χ3v) is 4.35. The molecular formula is C18H18ClF3N2O. The van der Waals surface area contributed by atoms with Gasteiger partial charge in [0.15, 0.2) is 17.5 Å². The summed E-state index contributed by atoms with van der Waals surface area (Å²) in [5.41, 5.74) is 1.23. The summed E-state index contributed by atoms with van der Waals surface area (Å²) in [6.07, 6.45) is 0.911. The molecule has 2 aromatic rings. The Morgan fingerprint density at radius 3 is 2.20 bits per heavy atom. The highest BCUT2D eigenvalue weighted by molar-refractivity contribution is 5.94. The van der Waals surface area contributed by atoms with Gasteiger partial charge in [-0.15, -0.1) is 12.4 Å². The summed E-state index contributed by atoms with van der Waals surface area (Å²) in [6, 6.07) is 8.44. The largest absolute Gasteiger partial charge is 0.337 e. The lowest BCUT2D eigenvalue weighted by Gasteiger charge is -2.23. The van der Waals surface area contributed by atoms with E-state index in [-0.39, 0.29) is 29.9 Å². The molecule has 1 N–H and O–H groups in total. The molecule has 1 aliphatic rings. The first-order valence-corrected chi connectivity index (χ1v) is 7.70. The van der Waals surface area contributed by atoms with Crippen LogP contribution in [0.3, 0.4) is 0 Å². The fraction of sp³-hybridized carbons (Fsp3) is 0.278. The molecule has 25 heavy (non-hydrogen) atoms. The zero-order valence-electron chi connectivity index (χ0n) is 13.6. The third kappa shape index (κ3) is 3.96. The molecule has 1 atom stereocenters. The first kappa shape index (κ1) is 19.3. The standard InChI is InChI=1S/C18H17F3N2O.ClH/c1-23(14-6-7-22-10-14)18(24)12-4-2-11(3-5-12)13-8-15(19)17(21)16(20)9-13;/h2-5,8-9,14,22H,6-7,10H2,1H3;1H. The first-order valence-electron chi connectivity index (χ1n) is 7.70. The Hall–Kier alpha value is -2.05. The van der Waals surface area contributed by atoms with E-state index < -0.39 is 17.5 Å². The summed E-state index contributed by atoms with van der Waals surface area (Å²) in [5, 5.41) is 3.21. The van der Waals surface area contributed by atoms with Crippen molar-refractivity contribution in [2.45, 2.75) is 12.5 Å². The minimum Gasteiger partial charge on any atom is -0.337 e. The molecule has 1 unspecified atom stereocenters. The molecule has 0 spiro atoms. The predicted molar refractivity (Wildman–Crippen MR) is 92.4 cm³/mol. The second-order valence-corrected chi connectivity index (χ2v) is 5.89. The maximum absolute atomic E-state index is 13.3. The number of halogens is 4. The zero-order valence-corrected chi connectivity index (χ0v) is 14.4. The van der Waals surface area contributed by atoms with E-state index in [4.69, 9.17) is 0 Å². The fourth-order valence-corrected chi connectivity index (χ4v) is 2.87. The second kappa shape index (κ2) is 7.89. The lowest BCUT2D eigenvalue weighted by molar-refractivity contribution is 0.0744. The van der Waals surface area contributed by atoms with Crippen molar-refractivity contribution in [1.82, 2.24) is 10.2 Å². The van der Waals surface area contributed by atoms with E-state index in [0.29, 0.717) is 11.1 Å². The van der Waals surface area contributed by atoms with E-state index in [2.05, 4.69) is 5.32 Å². The molecule has 3 rings (SSSR count). The van der Waals surface area contributed by atoms with Crippen LogP contribution in [-0.4, -0.2) is 37.0 Å². The normalized spacial score (nSPS) is 16.4. The lowest BCUT2D eigenvalue weighted by atomic mass is 10.0. The second-order valence-electron chi connectivity index (χ2n) is 5.89. The molecule has 0 aliphatic carbocycles. The van der Waals surface area contributed by atoms with Crippen molar-refractivity contribution in [3.63, 3.8) is 0 Å². The van der Waals surface area contributed by atoms with Crippen LogP contribution in [-0.2, 0) is 0 Å². The van der Waals surface area contributed by atoms with Crippen LogP contribution in [0, 0.1) is 17.5 Å². The third-order valence-electron chi connectivity index (χ3n) is 4.35. The van der Waals surface area contributed by atoms with Crippen molar-refractivity contribution in [2.75, 3.05) is 20.1 Å². The maximum atomic E-state index is 13.3. The van der Waals surface area contributed by atoms with E-state index in [1.165, 1.54) is 0 Å². The average molecular weight is 371 g/mol. The molecule has 1 aliphatic heterocycles. The van der Waals surface area contributed by atoms with E-state index in [1.54, 1.807) is 36.2 Å². The Kier molecular flexibility index (Phi) is 6.08. The van der Waals surface area contributed by atoms with Crippen molar-refractivity contribution in [1.29, 1.82) is 0 Å². The number of carbonyl (C=O) groups excluding carboxylic acids is 1. The van der Waals surface area contributed by atoms with Crippen LogP contribution in [0.4, 0.5) is 13.2 Å². The number of amides is 1. The number of hydrogen-bond donors (Lipinski definition) is 1. The number of rotatable bonds is 3. The monoisotopic (exact) mass is 370 g/mol. The van der Waals surface area contributed by atoms with Gasteiger partial charge in [-0.25, -0.2) is 13.2 Å². The number of likely N-dealkylation sites (N-methyl/N-ethyl adjacent to an activating group) is 1. The highest BCUT2D eigenvalue weighted by Crippen LogP contribution is 2.24. The van der Waals surface area contributed by atoms with Gasteiger partial charge in [0.2, 0.25) is 0 Å². The highest BCUT2D eigenvalue weighted by atomic mass is 35.5. The van der Waals surface area contributed by atoms with E-state index in [1.807, 2.05) is 0 Å². The van der Waals surface area contributed by atoms with Gasteiger partial charge in [0.05, 0.1) is 0 Å². The summed E-state index contributed by atoms with van der Waals surface area (Å²) in [7, 11) is 1.76. The molecule has 1 heterocycles. The van der Waals surface area contributed by atoms with Crippen LogP contribution >= 0.6 is 12.4 Å². The molecule has 134 valence electrons. The number of hydrogen-bond acceptors (Lipinski definition) is 2. The van der Waals surface area contributed by atoms with Gasteiger partial charge in [0.1, 0.15) is 0 Å². The van der Waals surface area contributed by atoms with E-state index >= 15 is 0 Å². The smallest absolute Gasteiger partial charge is 0.253 e. The van der Waals surface area contributed by atoms with Crippen LogP contribution in [0.2, 0.25) is 0 Å². The molecule has 2 aromatic carbocycles.